The molecule has 0 fully saturated rings. The second-order valence-corrected chi connectivity index (χ2v) is 4.55. The van der Waals surface area contributed by atoms with Gasteiger partial charge in [0.1, 0.15) is 11.9 Å². The summed E-state index contributed by atoms with van der Waals surface area (Å²) < 4.78 is 24.6. The quantitative estimate of drug-likeness (QED) is 0.911. The first-order valence-electron chi connectivity index (χ1n) is 6.41. The molecular weight excluding hydrogens is 257 g/mol. The fraction of sp³-hybridized carbons (Fsp3) is 0.250. The fourth-order valence-electron chi connectivity index (χ4n) is 1.95. The number of halogens is 1. The van der Waals surface area contributed by atoms with E-state index in [0.29, 0.717) is 5.75 Å². The highest BCUT2D eigenvalue weighted by Gasteiger charge is 2.15. The summed E-state index contributed by atoms with van der Waals surface area (Å²) in [5.74, 6) is 0.537. The molecule has 0 aliphatic heterocycles. The van der Waals surface area contributed by atoms with Crippen molar-refractivity contribution in [2.45, 2.75) is 13.0 Å². The van der Waals surface area contributed by atoms with Gasteiger partial charge in [-0.05, 0) is 42.3 Å². The Balaban J connectivity index is 2.26. The Bertz CT molecular complexity index is 586. The van der Waals surface area contributed by atoms with Crippen LogP contribution < -0.4 is 15.2 Å². The summed E-state index contributed by atoms with van der Waals surface area (Å²) in [5, 5.41) is 0. The third-order valence-electron chi connectivity index (χ3n) is 3.04. The maximum atomic E-state index is 13.7. The van der Waals surface area contributed by atoms with Crippen molar-refractivity contribution in [2.75, 3.05) is 13.7 Å². The van der Waals surface area contributed by atoms with Gasteiger partial charge in [0, 0.05) is 6.54 Å². The Morgan fingerprint density at radius 1 is 1.20 bits per heavy atom. The minimum Gasteiger partial charge on any atom is -0.497 e. The molecule has 2 aromatic rings. The first kappa shape index (κ1) is 14.3. The van der Waals surface area contributed by atoms with E-state index in [-0.39, 0.29) is 12.3 Å². The molecule has 0 aliphatic rings. The average molecular weight is 275 g/mol. The molecular formula is C16H18FNO2. The highest BCUT2D eigenvalue weighted by atomic mass is 19.1. The van der Waals surface area contributed by atoms with Crippen molar-refractivity contribution in [1.29, 1.82) is 0 Å². The van der Waals surface area contributed by atoms with Gasteiger partial charge in [0.2, 0.25) is 0 Å². The predicted octanol–water partition coefficient (Wildman–Crippen LogP) is 3.22. The molecule has 0 amide bonds. The number of ether oxygens (including phenoxy) is 2. The summed E-state index contributed by atoms with van der Waals surface area (Å²) in [6.45, 7) is 2.13. The second kappa shape index (κ2) is 6.39. The van der Waals surface area contributed by atoms with Crippen LogP contribution in [0.2, 0.25) is 0 Å². The summed E-state index contributed by atoms with van der Waals surface area (Å²) in [6.07, 6.45) is -0.415. The van der Waals surface area contributed by atoms with Crippen LogP contribution in [0.5, 0.6) is 11.5 Å². The van der Waals surface area contributed by atoms with E-state index in [2.05, 4.69) is 0 Å². The van der Waals surface area contributed by atoms with Crippen LogP contribution in [-0.2, 0) is 0 Å². The Morgan fingerprint density at radius 3 is 2.70 bits per heavy atom. The van der Waals surface area contributed by atoms with Crippen LogP contribution in [-0.4, -0.2) is 13.7 Å². The molecule has 3 nitrogen and oxygen atoms in total. The molecule has 20 heavy (non-hydrogen) atoms. The fourth-order valence-corrected chi connectivity index (χ4v) is 1.95. The number of methoxy groups -OCH3 is 1. The number of rotatable bonds is 5. The molecule has 0 aromatic heterocycles. The first-order valence-corrected chi connectivity index (χ1v) is 6.41. The normalized spacial score (nSPS) is 12.0. The Labute approximate surface area is 118 Å². The van der Waals surface area contributed by atoms with Crippen molar-refractivity contribution >= 4 is 0 Å². The largest absolute Gasteiger partial charge is 0.497 e. The lowest BCUT2D eigenvalue weighted by molar-refractivity contribution is 0.204. The minimum atomic E-state index is -0.415. The highest BCUT2D eigenvalue weighted by molar-refractivity contribution is 5.33. The maximum Gasteiger partial charge on any atom is 0.165 e. The lowest BCUT2D eigenvalue weighted by Crippen LogP contribution is -2.19. The molecule has 1 atom stereocenters. The third-order valence-corrected chi connectivity index (χ3v) is 3.04. The molecule has 1 unspecified atom stereocenters. The van der Waals surface area contributed by atoms with Crippen molar-refractivity contribution in [2.24, 2.45) is 5.73 Å². The molecule has 0 spiro atoms. The summed E-state index contributed by atoms with van der Waals surface area (Å²) in [5.41, 5.74) is 7.53. The molecule has 2 N–H and O–H groups in total. The van der Waals surface area contributed by atoms with Gasteiger partial charge in [-0.15, -0.1) is 0 Å². The maximum absolute atomic E-state index is 13.7. The molecule has 0 aliphatic carbocycles. The monoisotopic (exact) mass is 275 g/mol. The summed E-state index contributed by atoms with van der Waals surface area (Å²) >= 11 is 0. The van der Waals surface area contributed by atoms with Gasteiger partial charge in [-0.1, -0.05) is 18.2 Å². The average Bonchev–Trinajstić information content (AvgIpc) is 2.48. The zero-order chi connectivity index (χ0) is 14.5. The van der Waals surface area contributed by atoms with Crippen molar-refractivity contribution < 1.29 is 13.9 Å². The number of hydrogen-bond acceptors (Lipinski definition) is 3. The van der Waals surface area contributed by atoms with E-state index in [1.165, 1.54) is 6.07 Å². The third kappa shape index (κ3) is 3.27. The van der Waals surface area contributed by atoms with Crippen molar-refractivity contribution in [3.63, 3.8) is 0 Å². The molecule has 0 saturated carbocycles. The van der Waals surface area contributed by atoms with E-state index in [9.17, 15) is 4.39 Å². The van der Waals surface area contributed by atoms with Gasteiger partial charge in [0.15, 0.2) is 11.6 Å². The van der Waals surface area contributed by atoms with Crippen molar-refractivity contribution in [1.82, 2.24) is 0 Å². The van der Waals surface area contributed by atoms with Crippen LogP contribution in [0.1, 0.15) is 17.2 Å². The van der Waals surface area contributed by atoms with E-state index in [4.69, 9.17) is 15.2 Å². The van der Waals surface area contributed by atoms with E-state index < -0.39 is 11.9 Å². The minimum absolute atomic E-state index is 0.211. The van der Waals surface area contributed by atoms with Gasteiger partial charge in [0.25, 0.3) is 0 Å². The van der Waals surface area contributed by atoms with Gasteiger partial charge in [-0.3, -0.25) is 0 Å². The number of aryl methyl sites for hydroxylation is 1. The smallest absolute Gasteiger partial charge is 0.165 e. The van der Waals surface area contributed by atoms with Gasteiger partial charge < -0.3 is 15.2 Å². The van der Waals surface area contributed by atoms with Gasteiger partial charge >= 0.3 is 0 Å². The number of benzene rings is 2. The second-order valence-electron chi connectivity index (χ2n) is 4.55. The van der Waals surface area contributed by atoms with Crippen molar-refractivity contribution in [3.8, 4) is 11.5 Å². The highest BCUT2D eigenvalue weighted by Crippen LogP contribution is 2.26. The van der Waals surface area contributed by atoms with Crippen LogP contribution in [0.4, 0.5) is 4.39 Å². The van der Waals surface area contributed by atoms with Gasteiger partial charge in [-0.25, -0.2) is 4.39 Å². The molecule has 2 aromatic carbocycles. The number of hydrogen-bond donors (Lipinski definition) is 1. The predicted molar refractivity (Wildman–Crippen MR) is 76.6 cm³/mol. The van der Waals surface area contributed by atoms with Crippen molar-refractivity contribution in [3.05, 3.63) is 59.4 Å². The van der Waals surface area contributed by atoms with Gasteiger partial charge in [-0.2, -0.15) is 0 Å². The Hall–Kier alpha value is -2.07. The molecule has 2 rings (SSSR count). The number of nitrogens with two attached hydrogens (primary N) is 1. The molecule has 0 bridgehead atoms. The Morgan fingerprint density at radius 2 is 2.00 bits per heavy atom. The van der Waals surface area contributed by atoms with Crippen LogP contribution in [0.3, 0.4) is 0 Å². The van der Waals surface area contributed by atoms with E-state index in [1.54, 1.807) is 19.2 Å². The van der Waals surface area contributed by atoms with Crippen LogP contribution >= 0.6 is 0 Å². The van der Waals surface area contributed by atoms with Crippen LogP contribution in [0.15, 0.2) is 42.5 Å². The molecule has 106 valence electrons. The van der Waals surface area contributed by atoms with E-state index >= 15 is 0 Å². The standard InChI is InChI=1S/C16H18FNO2/c1-11-6-7-14(17)15(8-11)20-16(10-18)12-4-3-5-13(9-12)19-2/h3-9,16H,10,18H2,1-2H3. The van der Waals surface area contributed by atoms with E-state index in [1.807, 2.05) is 31.2 Å². The molecule has 0 heterocycles. The van der Waals surface area contributed by atoms with Gasteiger partial charge in [0.05, 0.1) is 7.11 Å². The molecule has 0 saturated heterocycles. The first-order chi connectivity index (χ1) is 9.63. The zero-order valence-corrected chi connectivity index (χ0v) is 11.6. The van der Waals surface area contributed by atoms with Crippen LogP contribution in [0.25, 0.3) is 0 Å². The lowest BCUT2D eigenvalue weighted by atomic mass is 10.1. The molecule has 4 heteroatoms. The van der Waals surface area contributed by atoms with Crippen LogP contribution in [0, 0.1) is 12.7 Å². The SMILES string of the molecule is COc1cccc(C(CN)Oc2cc(C)ccc2F)c1. The summed E-state index contributed by atoms with van der Waals surface area (Å²) in [7, 11) is 1.59. The van der Waals surface area contributed by atoms with E-state index in [0.717, 1.165) is 11.1 Å². The lowest BCUT2D eigenvalue weighted by Gasteiger charge is -2.19. The molecule has 0 radical (unpaired) electrons. The Kier molecular flexibility index (Phi) is 4.58. The summed E-state index contributed by atoms with van der Waals surface area (Å²) in [6, 6.07) is 12.2. The summed E-state index contributed by atoms with van der Waals surface area (Å²) in [4.78, 5) is 0. The topological polar surface area (TPSA) is 44.5 Å². The zero-order valence-electron chi connectivity index (χ0n) is 11.6.